The van der Waals surface area contributed by atoms with E-state index >= 15 is 0 Å². The molecule has 0 saturated heterocycles. The highest BCUT2D eigenvalue weighted by Crippen LogP contribution is 2.24. The standard InChI is InChI=1S/C20H22ClN3O/c1-13-17(10-16(11-22)19(25)20(3,4)5)14(2)24(23-13)12-15-8-6-7-9-18(15)21/h6-10H,12H2,1-5H3/b16-10+. The van der Waals surface area contributed by atoms with Crippen LogP contribution in [-0.4, -0.2) is 15.6 Å². The monoisotopic (exact) mass is 355 g/mol. The van der Waals surface area contributed by atoms with Crippen molar-refractivity contribution in [3.05, 3.63) is 57.4 Å². The van der Waals surface area contributed by atoms with Crippen LogP contribution in [0.15, 0.2) is 29.8 Å². The van der Waals surface area contributed by atoms with Crippen LogP contribution in [0, 0.1) is 30.6 Å². The minimum absolute atomic E-state index is 0.149. The molecular weight excluding hydrogens is 334 g/mol. The molecule has 0 aliphatic heterocycles. The Bertz CT molecular complexity index is 879. The Hall–Kier alpha value is -2.38. The van der Waals surface area contributed by atoms with Gasteiger partial charge in [-0.05, 0) is 31.6 Å². The van der Waals surface area contributed by atoms with E-state index in [9.17, 15) is 10.1 Å². The average Bonchev–Trinajstić information content (AvgIpc) is 2.80. The number of ketones is 1. The molecular formula is C20H22ClN3O. The summed E-state index contributed by atoms with van der Waals surface area (Å²) in [6.07, 6.45) is 1.65. The third-order valence-corrected chi connectivity index (χ3v) is 4.42. The molecule has 5 heteroatoms. The Kier molecular flexibility index (Phi) is 5.49. The maximum Gasteiger partial charge on any atom is 0.178 e. The van der Waals surface area contributed by atoms with Crippen molar-refractivity contribution >= 4 is 23.5 Å². The highest BCUT2D eigenvalue weighted by molar-refractivity contribution is 6.31. The molecule has 2 rings (SSSR count). The van der Waals surface area contributed by atoms with Crippen LogP contribution in [0.1, 0.15) is 43.3 Å². The van der Waals surface area contributed by atoms with Gasteiger partial charge in [0.2, 0.25) is 0 Å². The number of carbonyl (C=O) groups is 1. The topological polar surface area (TPSA) is 58.7 Å². The minimum atomic E-state index is -0.600. The van der Waals surface area contributed by atoms with E-state index < -0.39 is 5.41 Å². The molecule has 130 valence electrons. The van der Waals surface area contributed by atoms with E-state index in [1.54, 1.807) is 26.8 Å². The van der Waals surface area contributed by atoms with Gasteiger partial charge in [0.25, 0.3) is 0 Å². The fourth-order valence-electron chi connectivity index (χ4n) is 2.56. The van der Waals surface area contributed by atoms with Crippen LogP contribution in [0.3, 0.4) is 0 Å². The summed E-state index contributed by atoms with van der Waals surface area (Å²) in [7, 11) is 0. The molecule has 2 aromatic rings. The van der Waals surface area contributed by atoms with Gasteiger partial charge in [-0.1, -0.05) is 50.6 Å². The molecule has 1 heterocycles. The summed E-state index contributed by atoms with van der Waals surface area (Å²) < 4.78 is 1.85. The lowest BCUT2D eigenvalue weighted by Gasteiger charge is -2.15. The Morgan fingerprint density at radius 3 is 2.52 bits per heavy atom. The van der Waals surface area contributed by atoms with E-state index in [2.05, 4.69) is 5.10 Å². The summed E-state index contributed by atoms with van der Waals surface area (Å²) in [5.74, 6) is -0.173. The molecule has 0 spiro atoms. The third kappa shape index (κ3) is 4.18. The summed E-state index contributed by atoms with van der Waals surface area (Å²) in [6.45, 7) is 9.76. The zero-order valence-electron chi connectivity index (χ0n) is 15.2. The lowest BCUT2D eigenvalue weighted by Crippen LogP contribution is -2.21. The highest BCUT2D eigenvalue weighted by Gasteiger charge is 2.25. The Morgan fingerprint density at radius 1 is 1.32 bits per heavy atom. The van der Waals surface area contributed by atoms with Gasteiger partial charge in [-0.15, -0.1) is 0 Å². The Labute approximate surface area is 153 Å². The van der Waals surface area contributed by atoms with Crippen molar-refractivity contribution in [1.29, 1.82) is 5.26 Å². The Balaban J connectivity index is 2.43. The summed E-state index contributed by atoms with van der Waals surface area (Å²) in [5, 5.41) is 14.6. The molecule has 0 saturated carbocycles. The molecule has 1 aromatic carbocycles. The molecule has 0 bridgehead atoms. The van der Waals surface area contributed by atoms with Gasteiger partial charge in [-0.3, -0.25) is 9.48 Å². The summed E-state index contributed by atoms with van der Waals surface area (Å²) >= 11 is 6.23. The van der Waals surface area contributed by atoms with Gasteiger partial charge in [0, 0.05) is 21.7 Å². The van der Waals surface area contributed by atoms with Crippen molar-refractivity contribution in [2.24, 2.45) is 5.41 Å². The third-order valence-electron chi connectivity index (χ3n) is 4.05. The van der Waals surface area contributed by atoms with Crippen LogP contribution < -0.4 is 0 Å². The molecule has 0 atom stereocenters. The van der Waals surface area contributed by atoms with Crippen molar-refractivity contribution in [2.45, 2.75) is 41.2 Å². The lowest BCUT2D eigenvalue weighted by molar-refractivity contribution is -0.121. The zero-order valence-corrected chi connectivity index (χ0v) is 16.0. The number of halogens is 1. The maximum atomic E-state index is 12.4. The molecule has 0 radical (unpaired) electrons. The number of rotatable bonds is 4. The number of aryl methyl sites for hydroxylation is 1. The molecule has 0 fully saturated rings. The number of carbonyl (C=O) groups excluding carboxylic acids is 1. The van der Waals surface area contributed by atoms with Crippen LogP contribution in [0.4, 0.5) is 0 Å². The molecule has 0 unspecified atom stereocenters. The average molecular weight is 356 g/mol. The largest absolute Gasteiger partial charge is 0.293 e. The molecule has 0 amide bonds. The van der Waals surface area contributed by atoms with Gasteiger partial charge in [-0.25, -0.2) is 0 Å². The number of allylic oxidation sites excluding steroid dienone is 1. The molecule has 0 N–H and O–H groups in total. The number of hydrogen-bond acceptors (Lipinski definition) is 3. The molecule has 0 aliphatic carbocycles. The van der Waals surface area contributed by atoms with Gasteiger partial charge >= 0.3 is 0 Å². The van der Waals surface area contributed by atoms with Crippen LogP contribution in [0.25, 0.3) is 6.08 Å². The first kappa shape index (κ1) is 19.0. The van der Waals surface area contributed by atoms with Crippen molar-refractivity contribution < 1.29 is 4.79 Å². The van der Waals surface area contributed by atoms with Crippen molar-refractivity contribution in [3.63, 3.8) is 0 Å². The van der Waals surface area contributed by atoms with Crippen molar-refractivity contribution in [1.82, 2.24) is 9.78 Å². The summed E-state index contributed by atoms with van der Waals surface area (Å²) in [4.78, 5) is 12.4. The van der Waals surface area contributed by atoms with E-state index in [1.807, 2.05) is 48.9 Å². The van der Waals surface area contributed by atoms with E-state index in [-0.39, 0.29) is 11.4 Å². The number of benzene rings is 1. The number of nitriles is 1. The van der Waals surface area contributed by atoms with E-state index in [4.69, 9.17) is 11.6 Å². The fourth-order valence-corrected chi connectivity index (χ4v) is 2.75. The SMILES string of the molecule is Cc1nn(Cc2ccccc2Cl)c(C)c1/C=C(\C#N)C(=O)C(C)(C)C. The first-order valence-electron chi connectivity index (χ1n) is 8.09. The van der Waals surface area contributed by atoms with E-state index in [0.717, 1.165) is 22.5 Å². The number of aromatic nitrogens is 2. The fraction of sp³-hybridized carbons (Fsp3) is 0.350. The van der Waals surface area contributed by atoms with Crippen LogP contribution >= 0.6 is 11.6 Å². The quantitative estimate of drug-likeness (QED) is 0.588. The maximum absolute atomic E-state index is 12.4. The van der Waals surface area contributed by atoms with Crippen LogP contribution in [0.2, 0.25) is 5.02 Å². The number of hydrogen-bond donors (Lipinski definition) is 0. The molecule has 25 heavy (non-hydrogen) atoms. The zero-order chi connectivity index (χ0) is 18.8. The second kappa shape index (κ2) is 7.25. The van der Waals surface area contributed by atoms with Crippen molar-refractivity contribution in [3.8, 4) is 6.07 Å². The normalized spacial score (nSPS) is 12.1. The first-order chi connectivity index (χ1) is 11.6. The van der Waals surface area contributed by atoms with Gasteiger partial charge in [0.1, 0.15) is 6.07 Å². The number of nitrogens with zero attached hydrogens (tertiary/aromatic N) is 3. The van der Waals surface area contributed by atoms with Crippen molar-refractivity contribution in [2.75, 3.05) is 0 Å². The highest BCUT2D eigenvalue weighted by atomic mass is 35.5. The number of Topliss-reactive ketones (excluding diaryl/α,β-unsaturated/α-hetero) is 1. The predicted octanol–water partition coefficient (Wildman–Crippen LogP) is 4.72. The summed E-state index contributed by atoms with van der Waals surface area (Å²) in [5.41, 5.74) is 3.00. The Morgan fingerprint density at radius 2 is 1.96 bits per heavy atom. The van der Waals surface area contributed by atoms with Crippen LogP contribution in [0.5, 0.6) is 0 Å². The molecule has 1 aromatic heterocycles. The predicted molar refractivity (Wildman–Crippen MR) is 100 cm³/mol. The minimum Gasteiger partial charge on any atom is -0.293 e. The second-order valence-corrected chi connectivity index (χ2v) is 7.49. The van der Waals surface area contributed by atoms with Gasteiger partial charge in [0.15, 0.2) is 5.78 Å². The first-order valence-corrected chi connectivity index (χ1v) is 8.47. The van der Waals surface area contributed by atoms with Gasteiger partial charge < -0.3 is 0 Å². The van der Waals surface area contributed by atoms with E-state index in [1.165, 1.54) is 0 Å². The molecule has 0 aliphatic rings. The second-order valence-electron chi connectivity index (χ2n) is 7.08. The lowest BCUT2D eigenvalue weighted by atomic mass is 9.86. The van der Waals surface area contributed by atoms with Gasteiger partial charge in [0.05, 0.1) is 17.8 Å². The van der Waals surface area contributed by atoms with Gasteiger partial charge in [-0.2, -0.15) is 10.4 Å². The molecule has 4 nitrogen and oxygen atoms in total. The summed E-state index contributed by atoms with van der Waals surface area (Å²) in [6, 6.07) is 9.66. The smallest absolute Gasteiger partial charge is 0.178 e. The van der Waals surface area contributed by atoms with E-state index in [0.29, 0.717) is 11.6 Å². The van der Waals surface area contributed by atoms with Crippen LogP contribution in [-0.2, 0) is 11.3 Å².